The van der Waals surface area contributed by atoms with Crippen molar-refractivity contribution in [1.82, 2.24) is 4.57 Å². The van der Waals surface area contributed by atoms with Crippen LogP contribution in [0.4, 0.5) is 0 Å². The van der Waals surface area contributed by atoms with E-state index in [0.717, 1.165) is 17.8 Å². The van der Waals surface area contributed by atoms with Crippen molar-refractivity contribution in [2.45, 2.75) is 52.0 Å². The molecule has 1 heterocycles. The van der Waals surface area contributed by atoms with Gasteiger partial charge in [0, 0.05) is 30.1 Å². The van der Waals surface area contributed by atoms with Gasteiger partial charge in [-0.3, -0.25) is 4.79 Å². The smallest absolute Gasteiger partial charge is 0.182 e. The lowest BCUT2D eigenvalue weighted by Gasteiger charge is -2.46. The van der Waals surface area contributed by atoms with E-state index < -0.39 is 0 Å². The van der Waals surface area contributed by atoms with Gasteiger partial charge in [0.25, 0.3) is 0 Å². The summed E-state index contributed by atoms with van der Waals surface area (Å²) in [5, 5.41) is 0. The fourth-order valence-corrected chi connectivity index (χ4v) is 3.69. The molecule has 100 valence electrons. The van der Waals surface area contributed by atoms with E-state index >= 15 is 0 Å². The minimum absolute atomic E-state index is 0.000116. The van der Waals surface area contributed by atoms with Gasteiger partial charge in [-0.1, -0.05) is 19.8 Å². The van der Waals surface area contributed by atoms with Crippen molar-refractivity contribution in [3.05, 3.63) is 33.7 Å². The van der Waals surface area contributed by atoms with E-state index in [4.69, 9.17) is 5.73 Å². The fourth-order valence-electron chi connectivity index (χ4n) is 3.69. The molecule has 1 aliphatic carbocycles. The molecule has 2 N–H and O–H groups in total. The SMILES string of the molecule is Cc1cc(=O)cc(C)n1C1(CN)CCCCC1C. The maximum atomic E-state index is 11.6. The first-order valence-electron chi connectivity index (χ1n) is 6.92. The molecule has 1 fully saturated rings. The zero-order valence-electron chi connectivity index (χ0n) is 11.7. The van der Waals surface area contributed by atoms with Gasteiger partial charge in [0.05, 0.1) is 5.54 Å². The van der Waals surface area contributed by atoms with E-state index in [9.17, 15) is 4.79 Å². The third-order valence-corrected chi connectivity index (χ3v) is 4.62. The predicted molar refractivity (Wildman–Crippen MR) is 74.8 cm³/mol. The number of pyridine rings is 1. The molecular formula is C15H24N2O. The molecule has 0 aliphatic heterocycles. The summed E-state index contributed by atoms with van der Waals surface area (Å²) in [7, 11) is 0. The zero-order chi connectivity index (χ0) is 13.3. The normalized spacial score (nSPS) is 28.3. The van der Waals surface area contributed by atoms with Crippen LogP contribution < -0.4 is 11.2 Å². The summed E-state index contributed by atoms with van der Waals surface area (Å²) in [4.78, 5) is 11.6. The van der Waals surface area contributed by atoms with Crippen molar-refractivity contribution in [3.8, 4) is 0 Å². The maximum absolute atomic E-state index is 11.6. The Labute approximate surface area is 109 Å². The average Bonchev–Trinajstić information content (AvgIpc) is 2.30. The van der Waals surface area contributed by atoms with Gasteiger partial charge in [-0.2, -0.15) is 0 Å². The molecule has 2 unspecified atom stereocenters. The topological polar surface area (TPSA) is 48.0 Å². The third-order valence-electron chi connectivity index (χ3n) is 4.62. The Bertz CT molecular complexity index is 466. The van der Waals surface area contributed by atoms with Crippen LogP contribution in [0.1, 0.15) is 44.0 Å². The first-order chi connectivity index (χ1) is 8.51. The molecule has 3 nitrogen and oxygen atoms in total. The number of hydrogen-bond acceptors (Lipinski definition) is 2. The summed E-state index contributed by atoms with van der Waals surface area (Å²) < 4.78 is 2.32. The molecule has 0 saturated heterocycles. The molecule has 0 aromatic carbocycles. The van der Waals surface area contributed by atoms with Gasteiger partial charge in [-0.15, -0.1) is 0 Å². The number of hydrogen-bond donors (Lipinski definition) is 1. The van der Waals surface area contributed by atoms with Crippen molar-refractivity contribution in [2.24, 2.45) is 11.7 Å². The molecule has 0 amide bonds. The standard InChI is InChI=1S/C15H24N2O/c1-11-6-4-5-7-15(11,10-16)17-12(2)8-14(18)9-13(17)3/h8-9,11H,4-7,10,16H2,1-3H3. The molecule has 3 heteroatoms. The molecule has 1 aliphatic rings. The van der Waals surface area contributed by atoms with Crippen LogP contribution in [-0.4, -0.2) is 11.1 Å². The molecule has 0 bridgehead atoms. The lowest BCUT2D eigenvalue weighted by molar-refractivity contribution is 0.119. The Balaban J connectivity index is 2.60. The minimum Gasteiger partial charge on any atom is -0.341 e. The lowest BCUT2D eigenvalue weighted by Crippen LogP contribution is -2.50. The van der Waals surface area contributed by atoms with E-state index in [1.807, 2.05) is 13.8 Å². The molecule has 2 rings (SSSR count). The third kappa shape index (κ3) is 2.01. The van der Waals surface area contributed by atoms with Gasteiger partial charge in [0.1, 0.15) is 0 Å². The first kappa shape index (κ1) is 13.3. The number of nitrogens with zero attached hydrogens (tertiary/aromatic N) is 1. The summed E-state index contributed by atoms with van der Waals surface area (Å²) in [5.41, 5.74) is 8.31. The molecular weight excluding hydrogens is 224 g/mol. The summed E-state index contributed by atoms with van der Waals surface area (Å²) in [5.74, 6) is 0.566. The summed E-state index contributed by atoms with van der Waals surface area (Å²) in [6.07, 6.45) is 4.87. The highest BCUT2D eigenvalue weighted by Crippen LogP contribution is 2.40. The van der Waals surface area contributed by atoms with E-state index in [-0.39, 0.29) is 11.0 Å². The van der Waals surface area contributed by atoms with Crippen LogP contribution in [0.3, 0.4) is 0 Å². The van der Waals surface area contributed by atoms with Gasteiger partial charge < -0.3 is 10.3 Å². The molecule has 1 aromatic rings. The molecule has 1 saturated carbocycles. The van der Waals surface area contributed by atoms with Crippen molar-refractivity contribution in [1.29, 1.82) is 0 Å². The quantitative estimate of drug-likeness (QED) is 0.873. The molecule has 18 heavy (non-hydrogen) atoms. The number of rotatable bonds is 2. The van der Waals surface area contributed by atoms with Crippen LogP contribution in [0.5, 0.6) is 0 Å². The number of aromatic nitrogens is 1. The molecule has 2 atom stereocenters. The monoisotopic (exact) mass is 248 g/mol. The highest BCUT2D eigenvalue weighted by Gasteiger charge is 2.39. The van der Waals surface area contributed by atoms with Crippen LogP contribution in [0, 0.1) is 19.8 Å². The predicted octanol–water partition coefficient (Wildman–Crippen LogP) is 2.33. The van der Waals surface area contributed by atoms with Gasteiger partial charge in [0.2, 0.25) is 0 Å². The lowest BCUT2D eigenvalue weighted by atomic mass is 9.73. The molecule has 1 aromatic heterocycles. The van der Waals surface area contributed by atoms with Crippen LogP contribution >= 0.6 is 0 Å². The minimum atomic E-state index is 0.000116. The zero-order valence-corrected chi connectivity index (χ0v) is 11.7. The van der Waals surface area contributed by atoms with Gasteiger partial charge in [-0.05, 0) is 32.6 Å². The van der Waals surface area contributed by atoms with Gasteiger partial charge in [0.15, 0.2) is 5.43 Å². The van der Waals surface area contributed by atoms with E-state index in [2.05, 4.69) is 11.5 Å². The van der Waals surface area contributed by atoms with Crippen LogP contribution in [-0.2, 0) is 5.54 Å². The van der Waals surface area contributed by atoms with Crippen molar-refractivity contribution < 1.29 is 0 Å². The Morgan fingerprint density at radius 3 is 2.44 bits per heavy atom. The highest BCUT2D eigenvalue weighted by atomic mass is 16.1. The second kappa shape index (κ2) is 4.88. The largest absolute Gasteiger partial charge is 0.341 e. The van der Waals surface area contributed by atoms with Crippen LogP contribution in [0.25, 0.3) is 0 Å². The second-order valence-electron chi connectivity index (χ2n) is 5.76. The Kier molecular flexibility index (Phi) is 3.62. The summed E-state index contributed by atoms with van der Waals surface area (Å²) in [6, 6.07) is 3.46. The Hall–Kier alpha value is -1.09. The van der Waals surface area contributed by atoms with Crippen molar-refractivity contribution in [3.63, 3.8) is 0 Å². The van der Waals surface area contributed by atoms with E-state index in [0.29, 0.717) is 12.5 Å². The van der Waals surface area contributed by atoms with Gasteiger partial charge >= 0.3 is 0 Å². The summed E-state index contributed by atoms with van der Waals surface area (Å²) >= 11 is 0. The van der Waals surface area contributed by atoms with Crippen LogP contribution in [0.15, 0.2) is 16.9 Å². The van der Waals surface area contributed by atoms with Crippen molar-refractivity contribution in [2.75, 3.05) is 6.54 Å². The number of aryl methyl sites for hydroxylation is 2. The fraction of sp³-hybridized carbons (Fsp3) is 0.667. The molecule has 0 spiro atoms. The summed E-state index contributed by atoms with van der Waals surface area (Å²) in [6.45, 7) is 6.99. The van der Waals surface area contributed by atoms with Gasteiger partial charge in [-0.25, -0.2) is 0 Å². The highest BCUT2D eigenvalue weighted by molar-refractivity contribution is 5.17. The van der Waals surface area contributed by atoms with Crippen LogP contribution in [0.2, 0.25) is 0 Å². The average molecular weight is 248 g/mol. The van der Waals surface area contributed by atoms with E-state index in [1.54, 1.807) is 12.1 Å². The maximum Gasteiger partial charge on any atom is 0.182 e. The Morgan fingerprint density at radius 1 is 1.33 bits per heavy atom. The Morgan fingerprint density at radius 2 is 1.94 bits per heavy atom. The second-order valence-corrected chi connectivity index (χ2v) is 5.76. The van der Waals surface area contributed by atoms with Crippen molar-refractivity contribution >= 4 is 0 Å². The van der Waals surface area contributed by atoms with E-state index in [1.165, 1.54) is 19.3 Å². The number of nitrogens with two attached hydrogens (primary N) is 1. The first-order valence-corrected chi connectivity index (χ1v) is 6.92. The molecule has 0 radical (unpaired) electrons.